The molecule has 0 radical (unpaired) electrons. The maximum atomic E-state index is 13.3. The third kappa shape index (κ3) is 4.09. The molecule has 0 fully saturated rings. The van der Waals surface area contributed by atoms with Gasteiger partial charge in [-0.15, -0.1) is 0 Å². The van der Waals surface area contributed by atoms with Gasteiger partial charge in [0.05, 0.1) is 27.2 Å². The molecule has 0 bridgehead atoms. The third-order valence-electron chi connectivity index (χ3n) is 4.56. The molecule has 1 aromatic heterocycles. The van der Waals surface area contributed by atoms with Crippen LogP contribution < -0.4 is 10.0 Å². The number of sulfonamides is 1. The average molecular weight is 455 g/mol. The van der Waals surface area contributed by atoms with Crippen molar-refractivity contribution in [1.82, 2.24) is 4.98 Å². The van der Waals surface area contributed by atoms with Gasteiger partial charge in [-0.2, -0.15) is 18.4 Å². The van der Waals surface area contributed by atoms with Gasteiger partial charge in [-0.1, -0.05) is 6.07 Å². The Bertz CT molecular complexity index is 1350. The number of fused-ring (bicyclic) bond motifs is 1. The molecule has 1 heterocycles. The van der Waals surface area contributed by atoms with Crippen molar-refractivity contribution in [3.8, 4) is 6.07 Å². The summed E-state index contributed by atoms with van der Waals surface area (Å²) in [6.07, 6.45) is -3.39. The molecule has 0 amide bonds. The minimum atomic E-state index is -4.81. The number of aryl methyl sites for hydroxylation is 1. The lowest BCUT2D eigenvalue weighted by molar-refractivity contribution is -0.137. The van der Waals surface area contributed by atoms with Gasteiger partial charge in [0.25, 0.3) is 10.0 Å². The van der Waals surface area contributed by atoms with Crippen molar-refractivity contribution in [1.29, 1.82) is 5.26 Å². The number of anilines is 1. The zero-order chi connectivity index (χ0) is 22.5. The number of hydrogen-bond acceptors (Lipinski definition) is 4. The fraction of sp³-hybridized carbons (Fsp3) is 0.211. The number of aromatic amines is 1. The highest BCUT2D eigenvalue weighted by Crippen LogP contribution is 2.39. The normalized spacial score (nSPS) is 12.7. The van der Waals surface area contributed by atoms with E-state index in [0.717, 1.165) is 11.6 Å². The lowest BCUT2D eigenvalue weighted by Gasteiger charge is -2.16. The van der Waals surface area contributed by atoms with Gasteiger partial charge in [-0.05, 0) is 50.1 Å². The van der Waals surface area contributed by atoms with Crippen molar-refractivity contribution < 1.29 is 26.2 Å². The lowest BCUT2D eigenvalue weighted by Crippen LogP contribution is -2.19. The molecular weight excluding hydrogens is 438 g/mol. The first-order chi connectivity index (χ1) is 13.7. The summed E-state index contributed by atoms with van der Waals surface area (Å²) in [7, 11) is -7.63. The Kier molecular flexibility index (Phi) is 5.25. The van der Waals surface area contributed by atoms with Crippen molar-refractivity contribution in [2.45, 2.75) is 18.0 Å². The van der Waals surface area contributed by atoms with E-state index in [0.29, 0.717) is 28.6 Å². The number of H-pyrrole nitrogens is 1. The molecule has 3 aromatic rings. The molecule has 0 saturated carbocycles. The van der Waals surface area contributed by atoms with Crippen LogP contribution in [0.25, 0.3) is 10.9 Å². The Morgan fingerprint density at radius 2 is 1.83 bits per heavy atom. The fourth-order valence-corrected chi connectivity index (χ4v) is 5.14. The van der Waals surface area contributed by atoms with E-state index in [-0.39, 0.29) is 11.0 Å². The molecule has 6 nitrogen and oxygen atoms in total. The standard InChI is InChI=1S/C19H17F3N3O3PS/c1-11-4-5-16(18-17(11)12(9-23)10-24-18)25-30(27,28)15-7-13(19(20,21)22)6-14(8-15)29(2,3)26/h4-8,10,24-25H,1-3H3. The van der Waals surface area contributed by atoms with Crippen LogP contribution in [0.15, 0.2) is 41.4 Å². The SMILES string of the molecule is Cc1ccc(NS(=O)(=O)c2cc(C(F)(F)F)cc(P(C)(C)=O)c2)c2[nH]cc(C#N)c12. The smallest absolute Gasteiger partial charge is 0.358 e. The van der Waals surface area contributed by atoms with E-state index in [1.54, 1.807) is 13.0 Å². The van der Waals surface area contributed by atoms with Gasteiger partial charge in [0.2, 0.25) is 0 Å². The van der Waals surface area contributed by atoms with Crippen LogP contribution >= 0.6 is 7.14 Å². The number of nitriles is 1. The van der Waals surface area contributed by atoms with Gasteiger partial charge in [0.15, 0.2) is 0 Å². The largest absolute Gasteiger partial charge is 0.416 e. The molecule has 30 heavy (non-hydrogen) atoms. The minimum absolute atomic E-state index is 0.0761. The molecule has 0 atom stereocenters. The molecule has 11 heteroatoms. The molecule has 0 spiro atoms. The number of halogens is 3. The van der Waals surface area contributed by atoms with E-state index >= 15 is 0 Å². The summed E-state index contributed by atoms with van der Waals surface area (Å²) in [5.41, 5.74) is 0.240. The van der Waals surface area contributed by atoms with E-state index in [2.05, 4.69) is 9.71 Å². The molecule has 3 rings (SSSR count). The summed E-state index contributed by atoms with van der Waals surface area (Å²) in [5, 5.41) is 9.53. The molecule has 158 valence electrons. The first-order valence-corrected chi connectivity index (χ1v) is 12.6. The van der Waals surface area contributed by atoms with Crippen LogP contribution in [0.1, 0.15) is 16.7 Å². The molecule has 0 aliphatic rings. The van der Waals surface area contributed by atoms with Crippen LogP contribution in [0.4, 0.5) is 18.9 Å². The van der Waals surface area contributed by atoms with Crippen molar-refractivity contribution in [3.05, 3.63) is 53.2 Å². The highest BCUT2D eigenvalue weighted by atomic mass is 32.2. The van der Waals surface area contributed by atoms with Crippen LogP contribution in [0.3, 0.4) is 0 Å². The first-order valence-electron chi connectivity index (χ1n) is 8.55. The van der Waals surface area contributed by atoms with Gasteiger partial charge in [0, 0.05) is 16.9 Å². The number of rotatable bonds is 4. The summed E-state index contributed by atoms with van der Waals surface area (Å²) in [6.45, 7) is 4.27. The third-order valence-corrected chi connectivity index (χ3v) is 7.41. The minimum Gasteiger partial charge on any atom is -0.358 e. The number of hydrogen-bond donors (Lipinski definition) is 2. The molecule has 2 aromatic carbocycles. The molecular formula is C19H17F3N3O3PS. The van der Waals surface area contributed by atoms with Crippen molar-refractivity contribution in [2.24, 2.45) is 0 Å². The van der Waals surface area contributed by atoms with Crippen molar-refractivity contribution in [3.63, 3.8) is 0 Å². The number of nitrogens with one attached hydrogen (secondary N) is 2. The second-order valence-corrected chi connectivity index (χ2v) is 12.1. The summed E-state index contributed by atoms with van der Waals surface area (Å²) in [5.74, 6) is 0. The second-order valence-electron chi connectivity index (χ2n) is 7.16. The van der Waals surface area contributed by atoms with E-state index in [1.807, 2.05) is 6.07 Å². The zero-order valence-electron chi connectivity index (χ0n) is 16.1. The number of nitrogens with zero attached hydrogens (tertiary/aromatic N) is 1. The van der Waals surface area contributed by atoms with E-state index in [9.17, 15) is 31.4 Å². The van der Waals surface area contributed by atoms with Crippen LogP contribution in [-0.4, -0.2) is 26.7 Å². The Morgan fingerprint density at radius 3 is 2.40 bits per heavy atom. The van der Waals surface area contributed by atoms with E-state index in [1.165, 1.54) is 25.6 Å². The summed E-state index contributed by atoms with van der Waals surface area (Å²) in [4.78, 5) is 2.16. The van der Waals surface area contributed by atoms with E-state index in [4.69, 9.17) is 0 Å². The average Bonchev–Trinajstić information content (AvgIpc) is 3.07. The molecule has 0 unspecified atom stereocenters. The fourth-order valence-electron chi connectivity index (χ4n) is 3.01. The van der Waals surface area contributed by atoms with Gasteiger partial charge < -0.3 is 9.55 Å². The van der Waals surface area contributed by atoms with Gasteiger partial charge in [0.1, 0.15) is 13.2 Å². The highest BCUT2D eigenvalue weighted by molar-refractivity contribution is 7.92. The summed E-state index contributed by atoms with van der Waals surface area (Å²) in [6, 6.07) is 7.23. The Balaban J connectivity index is 2.17. The van der Waals surface area contributed by atoms with Crippen molar-refractivity contribution in [2.75, 3.05) is 18.1 Å². The molecule has 0 aliphatic carbocycles. The molecule has 2 N–H and O–H groups in total. The molecule has 0 saturated heterocycles. The quantitative estimate of drug-likeness (QED) is 0.569. The van der Waals surface area contributed by atoms with Gasteiger partial charge in [-0.25, -0.2) is 8.42 Å². The van der Waals surface area contributed by atoms with Crippen LogP contribution in [-0.2, 0) is 20.8 Å². The number of alkyl halides is 3. The van der Waals surface area contributed by atoms with Crippen LogP contribution in [0, 0.1) is 18.3 Å². The summed E-state index contributed by atoms with van der Waals surface area (Å²) < 4.78 is 80.4. The van der Waals surface area contributed by atoms with Gasteiger partial charge in [-0.3, -0.25) is 4.72 Å². The van der Waals surface area contributed by atoms with E-state index < -0.39 is 33.8 Å². The number of benzene rings is 2. The van der Waals surface area contributed by atoms with Crippen molar-refractivity contribution >= 4 is 39.1 Å². The number of aromatic nitrogens is 1. The Labute approximate surface area is 171 Å². The van der Waals surface area contributed by atoms with Crippen LogP contribution in [0.5, 0.6) is 0 Å². The highest BCUT2D eigenvalue weighted by Gasteiger charge is 2.34. The first kappa shape index (κ1) is 21.9. The Hall–Kier alpha value is -2.76. The second kappa shape index (κ2) is 7.18. The zero-order valence-corrected chi connectivity index (χ0v) is 17.8. The van der Waals surface area contributed by atoms with Gasteiger partial charge >= 0.3 is 6.18 Å². The lowest BCUT2D eigenvalue weighted by atomic mass is 10.1. The monoisotopic (exact) mass is 455 g/mol. The van der Waals surface area contributed by atoms with Crippen LogP contribution in [0.2, 0.25) is 0 Å². The molecule has 0 aliphatic heterocycles. The predicted molar refractivity (Wildman–Crippen MR) is 109 cm³/mol. The predicted octanol–water partition coefficient (Wildman–Crippen LogP) is 4.42. The maximum Gasteiger partial charge on any atom is 0.416 e. The Morgan fingerprint density at radius 1 is 1.17 bits per heavy atom. The topological polar surface area (TPSA) is 103 Å². The summed E-state index contributed by atoms with van der Waals surface area (Å²) >= 11 is 0. The maximum absolute atomic E-state index is 13.3.